The van der Waals surface area contributed by atoms with Crippen LogP contribution >= 0.6 is 35.0 Å². The number of carbonyl (C=O) groups is 2. The summed E-state index contributed by atoms with van der Waals surface area (Å²) in [6.07, 6.45) is 1.81. The van der Waals surface area contributed by atoms with E-state index < -0.39 is 0 Å². The first-order valence-corrected chi connectivity index (χ1v) is 11.1. The molecule has 7 heteroatoms. The molecule has 0 fully saturated rings. The lowest BCUT2D eigenvalue weighted by atomic mass is 10.2. The molecule has 1 heterocycles. The Morgan fingerprint density at radius 3 is 2.45 bits per heavy atom. The number of halogens is 2. The number of thioether (sulfide) groups is 1. The summed E-state index contributed by atoms with van der Waals surface area (Å²) in [6.45, 7) is 0.212. The van der Waals surface area contributed by atoms with E-state index in [9.17, 15) is 9.59 Å². The van der Waals surface area contributed by atoms with Crippen LogP contribution in [0.25, 0.3) is 6.08 Å². The number of para-hydroxylation sites is 1. The van der Waals surface area contributed by atoms with E-state index >= 15 is 0 Å². The van der Waals surface area contributed by atoms with Gasteiger partial charge in [0.25, 0.3) is 5.91 Å². The maximum atomic E-state index is 13.2. The molecule has 156 valence electrons. The number of rotatable bonds is 5. The number of anilines is 1. The molecule has 4 rings (SSSR count). The number of hydrogen-bond acceptors (Lipinski definition) is 3. The van der Waals surface area contributed by atoms with E-state index in [1.165, 1.54) is 16.7 Å². The Kier molecular flexibility index (Phi) is 6.66. The summed E-state index contributed by atoms with van der Waals surface area (Å²) >= 11 is 13.5. The predicted molar refractivity (Wildman–Crippen MR) is 127 cm³/mol. The van der Waals surface area contributed by atoms with Gasteiger partial charge in [-0.05, 0) is 47.5 Å². The lowest BCUT2D eigenvalue weighted by Crippen LogP contribution is -2.42. The first kappa shape index (κ1) is 21.5. The van der Waals surface area contributed by atoms with Crippen LogP contribution in [0.1, 0.15) is 11.1 Å². The van der Waals surface area contributed by atoms with Gasteiger partial charge in [-0.1, -0.05) is 77.4 Å². The largest absolute Gasteiger partial charge is 0.350 e. The van der Waals surface area contributed by atoms with Crippen LogP contribution in [-0.2, 0) is 16.1 Å². The van der Waals surface area contributed by atoms with Crippen LogP contribution < -0.4 is 10.2 Å². The second-order valence-electron chi connectivity index (χ2n) is 6.89. The van der Waals surface area contributed by atoms with Crippen molar-refractivity contribution in [2.24, 2.45) is 0 Å². The second-order valence-corrected chi connectivity index (χ2v) is 8.82. The van der Waals surface area contributed by atoms with Crippen molar-refractivity contribution in [2.45, 2.75) is 11.4 Å². The Hall–Kier alpha value is -2.73. The van der Waals surface area contributed by atoms with Crippen molar-refractivity contribution in [3.63, 3.8) is 0 Å². The molecular weight excluding hydrogens is 451 g/mol. The second kappa shape index (κ2) is 9.60. The first-order valence-electron chi connectivity index (χ1n) is 9.57. The van der Waals surface area contributed by atoms with Crippen LogP contribution in [0.5, 0.6) is 0 Å². The van der Waals surface area contributed by atoms with Gasteiger partial charge in [-0.25, -0.2) is 0 Å². The van der Waals surface area contributed by atoms with Gasteiger partial charge in [0, 0.05) is 21.5 Å². The zero-order valence-corrected chi connectivity index (χ0v) is 18.7. The molecule has 0 aromatic heterocycles. The third kappa shape index (κ3) is 5.13. The van der Waals surface area contributed by atoms with Gasteiger partial charge in [0.15, 0.2) is 0 Å². The van der Waals surface area contributed by atoms with Crippen LogP contribution in [-0.4, -0.2) is 18.4 Å². The van der Waals surface area contributed by atoms with Crippen LogP contribution in [0, 0.1) is 0 Å². The molecule has 3 aromatic carbocycles. The van der Waals surface area contributed by atoms with Gasteiger partial charge in [0.1, 0.15) is 6.54 Å². The molecule has 4 nitrogen and oxygen atoms in total. The highest BCUT2D eigenvalue weighted by Gasteiger charge is 2.30. The molecule has 0 saturated carbocycles. The smallest absolute Gasteiger partial charge is 0.265 e. The minimum atomic E-state index is -0.263. The van der Waals surface area contributed by atoms with Gasteiger partial charge in [-0.2, -0.15) is 0 Å². The summed E-state index contributed by atoms with van der Waals surface area (Å²) in [6, 6.07) is 22.1. The third-order valence-corrected chi connectivity index (χ3v) is 6.43. The Labute approximate surface area is 194 Å². The van der Waals surface area contributed by atoms with E-state index in [1.54, 1.807) is 18.2 Å². The third-order valence-electron chi connectivity index (χ3n) is 4.74. The SMILES string of the molecule is O=C(CN1C(=O)C(=Cc2ccc(Cl)cc2)Sc2ccccc21)NCc1ccccc1Cl. The lowest BCUT2D eigenvalue weighted by Gasteiger charge is -2.29. The molecule has 1 aliphatic rings. The van der Waals surface area contributed by atoms with E-state index in [0.717, 1.165) is 21.7 Å². The summed E-state index contributed by atoms with van der Waals surface area (Å²) in [5, 5.41) is 4.07. The lowest BCUT2D eigenvalue weighted by molar-refractivity contribution is -0.122. The van der Waals surface area contributed by atoms with Crippen molar-refractivity contribution >= 4 is 58.5 Å². The topological polar surface area (TPSA) is 49.4 Å². The maximum absolute atomic E-state index is 13.2. The molecule has 0 aliphatic carbocycles. The molecule has 0 saturated heterocycles. The average molecular weight is 469 g/mol. The summed E-state index contributed by atoms with van der Waals surface area (Å²) in [7, 11) is 0. The van der Waals surface area contributed by atoms with E-state index in [1.807, 2.05) is 60.7 Å². The highest BCUT2D eigenvalue weighted by molar-refractivity contribution is 8.04. The van der Waals surface area contributed by atoms with E-state index in [-0.39, 0.29) is 18.4 Å². The standard InChI is InChI=1S/C24H18Cl2N2O2S/c25-18-11-9-16(10-12-18)13-22-24(30)28(20-7-3-4-8-21(20)31-22)15-23(29)27-14-17-5-1-2-6-19(17)26/h1-13H,14-15H2,(H,27,29). The first-order chi connectivity index (χ1) is 15.0. The zero-order valence-electron chi connectivity index (χ0n) is 16.3. The van der Waals surface area contributed by atoms with Crippen LogP contribution in [0.2, 0.25) is 10.0 Å². The molecule has 1 aliphatic heterocycles. The Morgan fingerprint density at radius 1 is 0.968 bits per heavy atom. The van der Waals surface area contributed by atoms with E-state index in [2.05, 4.69) is 5.32 Å². The molecule has 0 unspecified atom stereocenters. The normalized spacial score (nSPS) is 14.5. The summed E-state index contributed by atoms with van der Waals surface area (Å²) in [4.78, 5) is 28.9. The summed E-state index contributed by atoms with van der Waals surface area (Å²) in [5.74, 6) is -0.479. The molecule has 1 N–H and O–H groups in total. The van der Waals surface area contributed by atoms with Gasteiger partial charge in [0.2, 0.25) is 5.91 Å². The minimum absolute atomic E-state index is 0.0845. The summed E-state index contributed by atoms with van der Waals surface area (Å²) < 4.78 is 0. The highest BCUT2D eigenvalue weighted by atomic mass is 35.5. The fourth-order valence-corrected chi connectivity index (χ4v) is 4.55. The predicted octanol–water partition coefficient (Wildman–Crippen LogP) is 5.79. The quantitative estimate of drug-likeness (QED) is 0.482. The molecule has 0 radical (unpaired) electrons. The Balaban J connectivity index is 1.55. The van der Waals surface area contributed by atoms with Crippen molar-refractivity contribution in [2.75, 3.05) is 11.4 Å². The average Bonchev–Trinajstić information content (AvgIpc) is 2.77. The number of amides is 2. The number of nitrogens with one attached hydrogen (secondary N) is 1. The van der Waals surface area contributed by atoms with Crippen molar-refractivity contribution in [3.05, 3.63) is 98.9 Å². The van der Waals surface area contributed by atoms with Crippen LogP contribution in [0.15, 0.2) is 82.6 Å². The number of fused-ring (bicyclic) bond motifs is 1. The summed E-state index contributed by atoms with van der Waals surface area (Å²) in [5.41, 5.74) is 2.41. The molecular formula is C24H18Cl2N2O2S. The van der Waals surface area contributed by atoms with Gasteiger partial charge in [0.05, 0.1) is 10.6 Å². The maximum Gasteiger partial charge on any atom is 0.265 e. The van der Waals surface area contributed by atoms with Gasteiger partial charge < -0.3 is 5.32 Å². The molecule has 31 heavy (non-hydrogen) atoms. The van der Waals surface area contributed by atoms with Crippen molar-refractivity contribution < 1.29 is 9.59 Å². The van der Waals surface area contributed by atoms with Gasteiger partial charge in [-0.3, -0.25) is 14.5 Å². The molecule has 0 bridgehead atoms. The fourth-order valence-electron chi connectivity index (χ4n) is 3.16. The van der Waals surface area contributed by atoms with Gasteiger partial charge >= 0.3 is 0 Å². The van der Waals surface area contributed by atoms with Crippen LogP contribution in [0.3, 0.4) is 0 Å². The van der Waals surface area contributed by atoms with E-state index in [4.69, 9.17) is 23.2 Å². The van der Waals surface area contributed by atoms with E-state index in [0.29, 0.717) is 21.5 Å². The monoisotopic (exact) mass is 468 g/mol. The molecule has 0 atom stereocenters. The molecule has 0 spiro atoms. The number of hydrogen-bond donors (Lipinski definition) is 1. The number of benzene rings is 3. The number of nitrogens with zero attached hydrogens (tertiary/aromatic N) is 1. The van der Waals surface area contributed by atoms with Gasteiger partial charge in [-0.15, -0.1) is 0 Å². The van der Waals surface area contributed by atoms with Crippen molar-refractivity contribution in [1.82, 2.24) is 5.32 Å². The van der Waals surface area contributed by atoms with Crippen molar-refractivity contribution in [1.29, 1.82) is 0 Å². The zero-order chi connectivity index (χ0) is 21.8. The fraction of sp³-hybridized carbons (Fsp3) is 0.0833. The number of carbonyl (C=O) groups excluding carboxylic acids is 2. The molecule has 3 aromatic rings. The van der Waals surface area contributed by atoms with Crippen molar-refractivity contribution in [3.8, 4) is 0 Å². The highest BCUT2D eigenvalue weighted by Crippen LogP contribution is 2.41. The Bertz CT molecular complexity index is 1160. The van der Waals surface area contributed by atoms with Crippen LogP contribution in [0.4, 0.5) is 5.69 Å². The molecule has 2 amide bonds. The Morgan fingerprint density at radius 2 is 1.68 bits per heavy atom. The minimum Gasteiger partial charge on any atom is -0.350 e.